The van der Waals surface area contributed by atoms with E-state index in [4.69, 9.17) is 4.74 Å². The summed E-state index contributed by atoms with van der Waals surface area (Å²) >= 11 is 0. The number of nitrogens with one attached hydrogen (secondary N) is 3. The summed E-state index contributed by atoms with van der Waals surface area (Å²) in [7, 11) is 1.55. The maximum atomic E-state index is 13.9. The fraction of sp³-hybridized carbons (Fsp3) is 0.543. The number of piperidine rings is 3. The molecule has 0 spiro atoms. The number of rotatable bonds is 8. The minimum atomic E-state index is -0.998. The van der Waals surface area contributed by atoms with E-state index in [0.29, 0.717) is 63.0 Å². The van der Waals surface area contributed by atoms with Gasteiger partial charge in [-0.2, -0.15) is 0 Å². The maximum Gasteiger partial charge on any atom is 0.322 e. The Hall–Kier alpha value is -4.32. The molecule has 252 valence electrons. The molecule has 0 unspecified atom stereocenters. The van der Waals surface area contributed by atoms with Crippen molar-refractivity contribution in [2.75, 3.05) is 57.0 Å². The van der Waals surface area contributed by atoms with Crippen LogP contribution in [0.2, 0.25) is 0 Å². The molecule has 0 saturated carbocycles. The number of urea groups is 2. The molecule has 2 aromatic rings. The number of para-hydroxylation sites is 1. The highest BCUT2D eigenvalue weighted by Gasteiger charge is 2.36. The van der Waals surface area contributed by atoms with Crippen LogP contribution < -0.4 is 20.7 Å². The van der Waals surface area contributed by atoms with Gasteiger partial charge in [-0.3, -0.25) is 9.59 Å². The first-order valence-corrected chi connectivity index (χ1v) is 17.1. The summed E-state index contributed by atoms with van der Waals surface area (Å²) in [5, 5.41) is 8.59. The highest BCUT2D eigenvalue weighted by molar-refractivity contribution is 5.96. The topological polar surface area (TPSA) is 127 Å². The van der Waals surface area contributed by atoms with Crippen molar-refractivity contribution < 1.29 is 23.9 Å². The van der Waals surface area contributed by atoms with Gasteiger partial charge in [0.1, 0.15) is 11.8 Å². The van der Waals surface area contributed by atoms with Crippen LogP contribution in [0.3, 0.4) is 0 Å². The molecule has 6 amide bonds. The number of carbonyl (C=O) groups is 4. The Kier molecular flexibility index (Phi) is 10.4. The number of hydrogen-bond donors (Lipinski definition) is 3. The van der Waals surface area contributed by atoms with Crippen LogP contribution in [0, 0.1) is 0 Å². The minimum Gasteiger partial charge on any atom is -0.497 e. The van der Waals surface area contributed by atoms with E-state index in [1.165, 1.54) is 19.3 Å². The average Bonchev–Trinajstić information content (AvgIpc) is 3.11. The van der Waals surface area contributed by atoms with Crippen molar-refractivity contribution in [3.63, 3.8) is 0 Å². The van der Waals surface area contributed by atoms with Crippen molar-refractivity contribution in [3.8, 4) is 5.75 Å². The monoisotopic (exact) mass is 645 g/mol. The van der Waals surface area contributed by atoms with E-state index >= 15 is 0 Å². The Balaban J connectivity index is 1.07. The van der Waals surface area contributed by atoms with Crippen molar-refractivity contribution in [1.29, 1.82) is 0 Å². The Morgan fingerprint density at radius 3 is 2.32 bits per heavy atom. The van der Waals surface area contributed by atoms with Crippen LogP contribution in [0.4, 0.5) is 21.0 Å². The van der Waals surface area contributed by atoms with Crippen molar-refractivity contribution in [2.45, 2.75) is 76.0 Å². The second-order valence-electron chi connectivity index (χ2n) is 13.1. The molecular formula is C35H47N7O5. The molecule has 6 rings (SSSR count). The summed E-state index contributed by atoms with van der Waals surface area (Å²) in [6.45, 7) is 4.95. The molecule has 3 saturated heterocycles. The quantitative estimate of drug-likeness (QED) is 0.397. The Morgan fingerprint density at radius 1 is 0.872 bits per heavy atom. The predicted octanol–water partition coefficient (Wildman–Crippen LogP) is 4.09. The number of fused-ring (bicyclic) bond motifs is 1. The first-order valence-electron chi connectivity index (χ1n) is 17.1. The van der Waals surface area contributed by atoms with Crippen LogP contribution in [0.1, 0.15) is 56.9 Å². The lowest BCUT2D eigenvalue weighted by Gasteiger charge is -2.41. The van der Waals surface area contributed by atoms with Gasteiger partial charge in [0, 0.05) is 62.2 Å². The highest BCUT2D eigenvalue weighted by Crippen LogP contribution is 2.28. The SMILES string of the molecule is COc1cccc(NC(=O)N[C@@H](CC(=O)N2CCC(N3Cc4ccccc4NC3=O)CC2)C(=O)N2CCC(N3CCCCC3)CC2)c1. The molecule has 47 heavy (non-hydrogen) atoms. The van der Waals surface area contributed by atoms with Gasteiger partial charge in [-0.1, -0.05) is 30.7 Å². The molecule has 0 bridgehead atoms. The lowest BCUT2D eigenvalue weighted by Crippen LogP contribution is -2.56. The normalized spacial score (nSPS) is 20.2. The average molecular weight is 646 g/mol. The van der Waals surface area contributed by atoms with Gasteiger partial charge in [0.05, 0.1) is 13.5 Å². The predicted molar refractivity (Wildman–Crippen MR) is 179 cm³/mol. The molecule has 0 aromatic heterocycles. The summed E-state index contributed by atoms with van der Waals surface area (Å²) < 4.78 is 5.26. The zero-order valence-corrected chi connectivity index (χ0v) is 27.3. The first-order chi connectivity index (χ1) is 22.9. The van der Waals surface area contributed by atoms with Crippen molar-refractivity contribution in [3.05, 3.63) is 54.1 Å². The number of anilines is 2. The van der Waals surface area contributed by atoms with Gasteiger partial charge < -0.3 is 40.3 Å². The second kappa shape index (κ2) is 15.1. The highest BCUT2D eigenvalue weighted by atomic mass is 16.5. The Morgan fingerprint density at radius 2 is 1.57 bits per heavy atom. The van der Waals surface area contributed by atoms with E-state index in [0.717, 1.165) is 37.2 Å². The number of benzene rings is 2. The Labute approximate surface area is 276 Å². The molecule has 0 radical (unpaired) electrons. The minimum absolute atomic E-state index is 0.0119. The third-order valence-electron chi connectivity index (χ3n) is 10.1. The number of carbonyl (C=O) groups excluding carboxylic acids is 4. The third-order valence-corrected chi connectivity index (χ3v) is 10.1. The van der Waals surface area contributed by atoms with E-state index in [-0.39, 0.29) is 30.3 Å². The standard InChI is InChI=1S/C35H47N7O5/c1-47-29-10-7-9-26(22-29)36-34(45)37-31(33(44)41-20-12-27(13-21-41)39-16-5-2-6-17-39)23-32(43)40-18-14-28(15-19-40)42-24-25-8-3-4-11-30(25)38-35(42)46/h3-4,7-11,22,27-28,31H,2,5-6,12-21,23-24H2,1H3,(H,38,46)(H2,36,37,45)/t31-/m0/s1. The molecule has 1 atom stereocenters. The molecular weight excluding hydrogens is 598 g/mol. The van der Waals surface area contributed by atoms with Gasteiger partial charge >= 0.3 is 12.1 Å². The molecule has 4 aliphatic heterocycles. The number of hydrogen-bond acceptors (Lipinski definition) is 6. The van der Waals surface area contributed by atoms with E-state index < -0.39 is 12.1 Å². The molecule has 12 heteroatoms. The van der Waals surface area contributed by atoms with E-state index in [1.54, 1.807) is 36.3 Å². The molecule has 2 aromatic carbocycles. The van der Waals surface area contributed by atoms with E-state index in [2.05, 4.69) is 20.9 Å². The lowest BCUT2D eigenvalue weighted by molar-refractivity contribution is -0.140. The second-order valence-corrected chi connectivity index (χ2v) is 13.1. The van der Waals surface area contributed by atoms with Crippen molar-refractivity contribution >= 4 is 35.3 Å². The van der Waals surface area contributed by atoms with Crippen molar-refractivity contribution in [1.82, 2.24) is 24.9 Å². The molecule has 3 N–H and O–H groups in total. The third kappa shape index (κ3) is 7.98. The fourth-order valence-corrected chi connectivity index (χ4v) is 7.43. The summed E-state index contributed by atoms with van der Waals surface area (Å²) in [5.41, 5.74) is 2.44. The molecule has 3 fully saturated rings. The van der Waals surface area contributed by atoms with Crippen LogP contribution in [0.15, 0.2) is 48.5 Å². The number of ether oxygens (including phenoxy) is 1. The van der Waals surface area contributed by atoms with Gasteiger partial charge in [-0.15, -0.1) is 0 Å². The number of nitrogens with zero attached hydrogens (tertiary/aromatic N) is 4. The summed E-state index contributed by atoms with van der Waals surface area (Å²) in [6.07, 6.45) is 6.69. The summed E-state index contributed by atoms with van der Waals surface area (Å²) in [4.78, 5) is 61.6. The molecule has 4 heterocycles. The smallest absolute Gasteiger partial charge is 0.322 e. The lowest BCUT2D eigenvalue weighted by atomic mass is 9.98. The fourth-order valence-electron chi connectivity index (χ4n) is 7.43. The van der Waals surface area contributed by atoms with E-state index in [9.17, 15) is 19.2 Å². The number of amides is 6. The summed E-state index contributed by atoms with van der Waals surface area (Å²) in [6, 6.07) is 13.6. The number of methoxy groups -OCH3 is 1. The molecule has 4 aliphatic rings. The molecule has 12 nitrogen and oxygen atoms in total. The number of likely N-dealkylation sites (tertiary alicyclic amines) is 3. The maximum absolute atomic E-state index is 13.9. The van der Waals surface area contributed by atoms with Gasteiger partial charge in [0.15, 0.2) is 0 Å². The van der Waals surface area contributed by atoms with Gasteiger partial charge in [-0.05, 0) is 75.4 Å². The van der Waals surface area contributed by atoms with Crippen LogP contribution in [-0.4, -0.2) is 108 Å². The largest absolute Gasteiger partial charge is 0.497 e. The molecule has 0 aliphatic carbocycles. The van der Waals surface area contributed by atoms with Crippen LogP contribution in [-0.2, 0) is 16.1 Å². The van der Waals surface area contributed by atoms with Gasteiger partial charge in [-0.25, -0.2) is 9.59 Å². The van der Waals surface area contributed by atoms with Crippen LogP contribution in [0.25, 0.3) is 0 Å². The van der Waals surface area contributed by atoms with Crippen LogP contribution >= 0.6 is 0 Å². The Bertz CT molecular complexity index is 1430. The zero-order chi connectivity index (χ0) is 32.8. The zero-order valence-electron chi connectivity index (χ0n) is 27.3. The van der Waals surface area contributed by atoms with Gasteiger partial charge in [0.2, 0.25) is 11.8 Å². The van der Waals surface area contributed by atoms with Crippen LogP contribution in [0.5, 0.6) is 5.75 Å². The van der Waals surface area contributed by atoms with E-state index in [1.807, 2.05) is 34.1 Å². The van der Waals surface area contributed by atoms with Gasteiger partial charge in [0.25, 0.3) is 0 Å². The summed E-state index contributed by atoms with van der Waals surface area (Å²) in [5.74, 6) is 0.187. The first kappa shape index (κ1) is 32.6. The van der Waals surface area contributed by atoms with Crippen molar-refractivity contribution in [2.24, 2.45) is 0 Å².